The summed E-state index contributed by atoms with van der Waals surface area (Å²) in [6, 6.07) is 0. The van der Waals surface area contributed by atoms with Crippen LogP contribution < -0.4 is 10.6 Å². The molecule has 0 atom stereocenters. The van der Waals surface area contributed by atoms with Crippen molar-refractivity contribution in [2.45, 2.75) is 46.1 Å². The van der Waals surface area contributed by atoms with Crippen LogP contribution in [0.5, 0.6) is 0 Å². The fraction of sp³-hybridized carbons (Fsp3) is 0.667. The van der Waals surface area contributed by atoms with Gasteiger partial charge in [0.05, 0.1) is 6.54 Å². The molecule has 0 aliphatic heterocycles. The molecule has 106 valence electrons. The van der Waals surface area contributed by atoms with E-state index in [0.29, 0.717) is 5.82 Å². The molecule has 0 bridgehead atoms. The maximum Gasteiger partial charge on any atom is 0.291 e. The van der Waals surface area contributed by atoms with Crippen molar-refractivity contribution >= 4 is 11.8 Å². The normalized spacial score (nSPS) is 11.5. The summed E-state index contributed by atoms with van der Waals surface area (Å²) in [5.74, 6) is 0.141. The number of carbonyl (C=O) groups excluding carboxylic acids is 2. The first-order chi connectivity index (χ1) is 8.69. The Morgan fingerprint density at radius 2 is 1.95 bits per heavy atom. The summed E-state index contributed by atoms with van der Waals surface area (Å²) in [7, 11) is 0. The molecule has 0 fully saturated rings. The van der Waals surface area contributed by atoms with Gasteiger partial charge < -0.3 is 10.6 Å². The minimum Gasteiger partial charge on any atom is -0.350 e. The van der Waals surface area contributed by atoms with Crippen LogP contribution in [-0.2, 0) is 4.79 Å². The Labute approximate surface area is 112 Å². The predicted molar refractivity (Wildman–Crippen MR) is 70.7 cm³/mol. The molecular formula is C12H21N5O2. The molecule has 0 saturated carbocycles. The Balaban J connectivity index is 2.49. The maximum atomic E-state index is 11.7. The molecule has 19 heavy (non-hydrogen) atoms. The molecular weight excluding hydrogens is 246 g/mol. The van der Waals surface area contributed by atoms with E-state index in [-0.39, 0.29) is 29.7 Å². The molecule has 0 aliphatic rings. The number of carbonyl (C=O) groups is 2. The predicted octanol–water partition coefficient (Wildman–Crippen LogP) is 0.573. The standard InChI is InChI=1S/C12H21N5O2/c1-7(2)9-14-10(17-16-9)11(19)13-6-8(18)15-12(3,4)5/h7H,6H2,1-5H3,(H,13,19)(H,15,18)(H,14,16,17). The molecule has 1 aromatic heterocycles. The van der Waals surface area contributed by atoms with Gasteiger partial charge in [0.1, 0.15) is 5.82 Å². The number of hydrogen-bond acceptors (Lipinski definition) is 4. The van der Waals surface area contributed by atoms with E-state index in [9.17, 15) is 9.59 Å². The van der Waals surface area contributed by atoms with Gasteiger partial charge in [0.15, 0.2) is 0 Å². The Bertz CT molecular complexity index is 459. The van der Waals surface area contributed by atoms with Gasteiger partial charge in [-0.05, 0) is 20.8 Å². The molecule has 7 nitrogen and oxygen atoms in total. The Morgan fingerprint density at radius 3 is 2.42 bits per heavy atom. The van der Waals surface area contributed by atoms with Gasteiger partial charge in [-0.15, -0.1) is 5.10 Å². The van der Waals surface area contributed by atoms with E-state index in [0.717, 1.165) is 0 Å². The van der Waals surface area contributed by atoms with Gasteiger partial charge in [0, 0.05) is 11.5 Å². The number of nitrogens with one attached hydrogen (secondary N) is 3. The van der Waals surface area contributed by atoms with E-state index in [1.54, 1.807) is 0 Å². The fourth-order valence-electron chi connectivity index (χ4n) is 1.34. The molecule has 0 aliphatic carbocycles. The van der Waals surface area contributed by atoms with Gasteiger partial charge in [-0.3, -0.25) is 14.7 Å². The Morgan fingerprint density at radius 1 is 1.32 bits per heavy atom. The van der Waals surface area contributed by atoms with Gasteiger partial charge in [-0.25, -0.2) is 4.98 Å². The lowest BCUT2D eigenvalue weighted by Crippen LogP contribution is -2.45. The number of H-pyrrole nitrogens is 1. The van der Waals surface area contributed by atoms with Crippen molar-refractivity contribution in [2.24, 2.45) is 0 Å². The van der Waals surface area contributed by atoms with Crippen LogP contribution in [0.15, 0.2) is 0 Å². The summed E-state index contributed by atoms with van der Waals surface area (Å²) in [6.45, 7) is 9.41. The summed E-state index contributed by atoms with van der Waals surface area (Å²) in [5, 5.41) is 11.7. The van der Waals surface area contributed by atoms with Crippen molar-refractivity contribution in [2.75, 3.05) is 6.54 Å². The number of aromatic amines is 1. The van der Waals surface area contributed by atoms with E-state index in [4.69, 9.17) is 0 Å². The molecule has 7 heteroatoms. The SMILES string of the molecule is CC(C)c1nc(C(=O)NCC(=O)NC(C)(C)C)n[nH]1. The molecule has 3 N–H and O–H groups in total. The molecule has 0 saturated heterocycles. The van der Waals surface area contributed by atoms with Gasteiger partial charge >= 0.3 is 0 Å². The minimum atomic E-state index is -0.466. The highest BCUT2D eigenvalue weighted by Gasteiger charge is 2.17. The quantitative estimate of drug-likeness (QED) is 0.742. The van der Waals surface area contributed by atoms with Crippen molar-refractivity contribution in [3.63, 3.8) is 0 Å². The van der Waals surface area contributed by atoms with E-state index >= 15 is 0 Å². The third kappa shape index (κ3) is 5.07. The van der Waals surface area contributed by atoms with Crippen LogP contribution >= 0.6 is 0 Å². The third-order valence-corrected chi connectivity index (χ3v) is 2.18. The molecule has 1 rings (SSSR count). The van der Waals surface area contributed by atoms with Crippen LogP contribution in [0.25, 0.3) is 0 Å². The first kappa shape index (κ1) is 15.1. The zero-order chi connectivity index (χ0) is 14.6. The molecule has 0 aromatic carbocycles. The lowest BCUT2D eigenvalue weighted by atomic mass is 10.1. The highest BCUT2D eigenvalue weighted by molar-refractivity contribution is 5.93. The number of aromatic nitrogens is 3. The number of hydrogen-bond donors (Lipinski definition) is 3. The number of rotatable bonds is 4. The summed E-state index contributed by atoms with van der Waals surface area (Å²) < 4.78 is 0. The Kier molecular flexibility index (Phi) is 4.63. The fourth-order valence-corrected chi connectivity index (χ4v) is 1.34. The van der Waals surface area contributed by atoms with Gasteiger partial charge in [0.25, 0.3) is 5.91 Å². The summed E-state index contributed by atoms with van der Waals surface area (Å²) in [4.78, 5) is 27.3. The molecule has 0 unspecified atom stereocenters. The van der Waals surface area contributed by atoms with E-state index < -0.39 is 5.91 Å². The molecule has 1 aromatic rings. The highest BCUT2D eigenvalue weighted by Crippen LogP contribution is 2.07. The summed E-state index contributed by atoms with van der Waals surface area (Å²) in [6.07, 6.45) is 0. The second kappa shape index (κ2) is 5.81. The Hall–Kier alpha value is -1.92. The minimum absolute atomic E-state index is 0.0484. The van der Waals surface area contributed by atoms with Gasteiger partial charge in [0.2, 0.25) is 11.7 Å². The van der Waals surface area contributed by atoms with Crippen LogP contribution in [0.1, 0.15) is 57.0 Å². The molecule has 1 heterocycles. The monoisotopic (exact) mass is 267 g/mol. The zero-order valence-corrected chi connectivity index (χ0v) is 12.0. The van der Waals surface area contributed by atoms with Crippen LogP contribution in [0.2, 0.25) is 0 Å². The average Bonchev–Trinajstić information content (AvgIpc) is 2.72. The van der Waals surface area contributed by atoms with Crippen LogP contribution in [-0.4, -0.2) is 39.1 Å². The van der Waals surface area contributed by atoms with E-state index in [2.05, 4.69) is 25.8 Å². The van der Waals surface area contributed by atoms with Gasteiger partial charge in [-0.2, -0.15) is 0 Å². The lowest BCUT2D eigenvalue weighted by Gasteiger charge is -2.20. The first-order valence-corrected chi connectivity index (χ1v) is 6.20. The second-order valence-corrected chi connectivity index (χ2v) is 5.68. The maximum absolute atomic E-state index is 11.7. The number of nitrogens with zero attached hydrogens (tertiary/aromatic N) is 2. The zero-order valence-electron chi connectivity index (χ0n) is 12.0. The molecule has 2 amide bonds. The van der Waals surface area contributed by atoms with Crippen molar-refractivity contribution in [1.82, 2.24) is 25.8 Å². The number of amides is 2. The smallest absolute Gasteiger partial charge is 0.291 e. The van der Waals surface area contributed by atoms with Gasteiger partial charge in [-0.1, -0.05) is 13.8 Å². The first-order valence-electron chi connectivity index (χ1n) is 6.20. The van der Waals surface area contributed by atoms with E-state index in [1.165, 1.54) is 0 Å². The largest absolute Gasteiger partial charge is 0.350 e. The van der Waals surface area contributed by atoms with Crippen LogP contribution in [0.3, 0.4) is 0 Å². The van der Waals surface area contributed by atoms with E-state index in [1.807, 2.05) is 34.6 Å². The summed E-state index contributed by atoms with van der Waals surface area (Å²) >= 11 is 0. The molecule has 0 radical (unpaired) electrons. The van der Waals surface area contributed by atoms with Crippen molar-refractivity contribution in [3.05, 3.63) is 11.6 Å². The van der Waals surface area contributed by atoms with Crippen molar-refractivity contribution < 1.29 is 9.59 Å². The topological polar surface area (TPSA) is 99.8 Å². The summed E-state index contributed by atoms with van der Waals surface area (Å²) in [5.41, 5.74) is -0.322. The lowest BCUT2D eigenvalue weighted by molar-refractivity contribution is -0.121. The van der Waals surface area contributed by atoms with Crippen LogP contribution in [0, 0.1) is 0 Å². The highest BCUT2D eigenvalue weighted by atomic mass is 16.2. The van der Waals surface area contributed by atoms with Crippen molar-refractivity contribution in [3.8, 4) is 0 Å². The van der Waals surface area contributed by atoms with Crippen molar-refractivity contribution in [1.29, 1.82) is 0 Å². The van der Waals surface area contributed by atoms with Crippen LogP contribution in [0.4, 0.5) is 0 Å². The molecule has 0 spiro atoms. The second-order valence-electron chi connectivity index (χ2n) is 5.68. The average molecular weight is 267 g/mol. The third-order valence-electron chi connectivity index (χ3n) is 2.18.